The van der Waals surface area contributed by atoms with Crippen LogP contribution in [0.1, 0.15) is 48.0 Å². The lowest BCUT2D eigenvalue weighted by molar-refractivity contribution is 0.0558. The molecule has 1 aliphatic rings. The molecule has 3 aromatic rings. The predicted octanol–water partition coefficient (Wildman–Crippen LogP) is 5.09. The summed E-state index contributed by atoms with van der Waals surface area (Å²) in [6.45, 7) is 14.7. The van der Waals surface area contributed by atoms with Crippen LogP contribution in [0, 0.1) is 5.41 Å². The Morgan fingerprint density at radius 3 is 2.24 bits per heavy atom. The van der Waals surface area contributed by atoms with Crippen LogP contribution in [0.2, 0.25) is 0 Å². The SMILES string of the molecule is CC(C)(C)C1CC(Oc2nc(-n3cccc3)nc3ccccc23)CN1C(C)(C)C. The lowest BCUT2D eigenvalue weighted by Gasteiger charge is -2.42. The van der Waals surface area contributed by atoms with Gasteiger partial charge in [-0.15, -0.1) is 0 Å². The van der Waals surface area contributed by atoms with Gasteiger partial charge in [-0.1, -0.05) is 32.9 Å². The van der Waals surface area contributed by atoms with Crippen molar-refractivity contribution < 1.29 is 4.74 Å². The number of likely N-dealkylation sites (tertiary alicyclic amines) is 1. The van der Waals surface area contributed by atoms with Crippen molar-refractivity contribution in [1.82, 2.24) is 19.4 Å². The summed E-state index contributed by atoms with van der Waals surface area (Å²) in [7, 11) is 0. The zero-order chi connectivity index (χ0) is 20.8. The van der Waals surface area contributed by atoms with Gasteiger partial charge in [0.25, 0.3) is 0 Å². The summed E-state index contributed by atoms with van der Waals surface area (Å²) in [5.74, 6) is 1.31. The highest BCUT2D eigenvalue weighted by molar-refractivity contribution is 5.83. The van der Waals surface area contributed by atoms with Gasteiger partial charge in [-0.05, 0) is 50.5 Å². The van der Waals surface area contributed by atoms with Crippen molar-refractivity contribution in [2.24, 2.45) is 5.41 Å². The van der Waals surface area contributed by atoms with E-state index in [0.717, 1.165) is 23.9 Å². The molecular weight excluding hydrogens is 360 g/mol. The Hall–Kier alpha value is -2.40. The highest BCUT2D eigenvalue weighted by Gasteiger charge is 2.44. The minimum absolute atomic E-state index is 0.0973. The van der Waals surface area contributed by atoms with Gasteiger partial charge in [-0.2, -0.15) is 4.98 Å². The number of fused-ring (bicyclic) bond motifs is 1. The second-order valence-electron chi connectivity index (χ2n) is 10.1. The van der Waals surface area contributed by atoms with Gasteiger partial charge in [0.15, 0.2) is 0 Å². The molecule has 2 atom stereocenters. The van der Waals surface area contributed by atoms with Gasteiger partial charge in [-0.3, -0.25) is 9.47 Å². The third kappa shape index (κ3) is 4.01. The van der Waals surface area contributed by atoms with Gasteiger partial charge in [-0.25, -0.2) is 4.98 Å². The molecular formula is C24H32N4O. The molecule has 5 heteroatoms. The van der Waals surface area contributed by atoms with E-state index in [0.29, 0.717) is 17.9 Å². The van der Waals surface area contributed by atoms with E-state index in [1.807, 2.05) is 53.4 Å². The van der Waals surface area contributed by atoms with E-state index in [2.05, 4.69) is 46.4 Å². The van der Waals surface area contributed by atoms with Crippen LogP contribution in [0.25, 0.3) is 16.9 Å². The highest BCUT2D eigenvalue weighted by atomic mass is 16.5. The normalized spacial score (nSPS) is 21.0. The Morgan fingerprint density at radius 1 is 0.931 bits per heavy atom. The summed E-state index contributed by atoms with van der Waals surface area (Å²) in [5, 5.41) is 0.963. The number of rotatable bonds is 3. The number of nitrogens with zero attached hydrogens (tertiary/aromatic N) is 4. The van der Waals surface area contributed by atoms with Crippen LogP contribution in [0.15, 0.2) is 48.8 Å². The molecule has 0 saturated carbocycles. The molecule has 1 saturated heterocycles. The molecule has 3 heterocycles. The van der Waals surface area contributed by atoms with Crippen LogP contribution in [0.3, 0.4) is 0 Å². The lowest BCUT2D eigenvalue weighted by atomic mass is 9.83. The van der Waals surface area contributed by atoms with E-state index < -0.39 is 0 Å². The van der Waals surface area contributed by atoms with Crippen LogP contribution in [0.5, 0.6) is 5.88 Å². The summed E-state index contributed by atoms with van der Waals surface area (Å²) < 4.78 is 8.50. The maximum Gasteiger partial charge on any atom is 0.237 e. The average molecular weight is 393 g/mol. The van der Waals surface area contributed by atoms with Crippen LogP contribution < -0.4 is 4.74 Å². The molecule has 0 radical (unpaired) electrons. The first-order chi connectivity index (χ1) is 13.6. The van der Waals surface area contributed by atoms with E-state index >= 15 is 0 Å². The smallest absolute Gasteiger partial charge is 0.237 e. The van der Waals surface area contributed by atoms with Crippen molar-refractivity contribution in [2.75, 3.05) is 6.54 Å². The molecule has 5 nitrogen and oxygen atoms in total. The van der Waals surface area contributed by atoms with Crippen molar-refractivity contribution in [2.45, 2.75) is 65.6 Å². The third-order valence-corrected chi connectivity index (χ3v) is 5.79. The Balaban J connectivity index is 1.69. The number of para-hydroxylation sites is 1. The number of benzene rings is 1. The predicted molar refractivity (Wildman–Crippen MR) is 118 cm³/mol. The molecule has 0 bridgehead atoms. The maximum atomic E-state index is 6.57. The Labute approximate surface area is 173 Å². The summed E-state index contributed by atoms with van der Waals surface area (Å²) in [4.78, 5) is 12.1. The van der Waals surface area contributed by atoms with E-state index in [1.165, 1.54) is 0 Å². The average Bonchev–Trinajstić information content (AvgIpc) is 3.31. The van der Waals surface area contributed by atoms with Gasteiger partial charge >= 0.3 is 0 Å². The maximum absolute atomic E-state index is 6.57. The van der Waals surface area contributed by atoms with E-state index in [1.54, 1.807) is 0 Å². The summed E-state index contributed by atoms with van der Waals surface area (Å²) in [6, 6.07) is 12.5. The molecule has 2 unspecified atom stereocenters. The zero-order valence-electron chi connectivity index (χ0n) is 18.4. The molecule has 154 valence electrons. The second-order valence-corrected chi connectivity index (χ2v) is 10.1. The van der Waals surface area contributed by atoms with Crippen molar-refractivity contribution >= 4 is 10.9 Å². The topological polar surface area (TPSA) is 43.2 Å². The quantitative estimate of drug-likeness (QED) is 0.623. The third-order valence-electron chi connectivity index (χ3n) is 5.79. The molecule has 4 rings (SSSR count). The molecule has 1 aliphatic heterocycles. The van der Waals surface area contributed by atoms with Gasteiger partial charge in [0.05, 0.1) is 10.9 Å². The molecule has 2 aromatic heterocycles. The fourth-order valence-electron chi connectivity index (χ4n) is 4.31. The van der Waals surface area contributed by atoms with Gasteiger partial charge in [0, 0.05) is 36.9 Å². The minimum atomic E-state index is 0.0973. The first kappa shape index (κ1) is 19.9. The van der Waals surface area contributed by atoms with Gasteiger partial charge in [0.2, 0.25) is 11.8 Å². The second kappa shape index (κ2) is 7.13. The van der Waals surface area contributed by atoms with Gasteiger partial charge < -0.3 is 4.74 Å². The van der Waals surface area contributed by atoms with Crippen LogP contribution in [-0.2, 0) is 0 Å². The monoisotopic (exact) mass is 392 g/mol. The molecule has 0 spiro atoms. The largest absolute Gasteiger partial charge is 0.472 e. The van der Waals surface area contributed by atoms with Crippen LogP contribution in [-0.4, -0.2) is 43.7 Å². The van der Waals surface area contributed by atoms with Gasteiger partial charge in [0.1, 0.15) is 6.10 Å². The summed E-state index contributed by atoms with van der Waals surface area (Å²) in [5.41, 5.74) is 1.19. The molecule has 1 fully saturated rings. The molecule has 0 aliphatic carbocycles. The summed E-state index contributed by atoms with van der Waals surface area (Å²) in [6.07, 6.45) is 5.02. The van der Waals surface area contributed by atoms with Crippen molar-refractivity contribution in [3.63, 3.8) is 0 Å². The van der Waals surface area contributed by atoms with E-state index in [-0.39, 0.29) is 17.1 Å². The fraction of sp³-hybridized carbons (Fsp3) is 0.500. The molecule has 0 N–H and O–H groups in total. The van der Waals surface area contributed by atoms with E-state index in [9.17, 15) is 0 Å². The molecule has 1 aromatic carbocycles. The molecule has 29 heavy (non-hydrogen) atoms. The van der Waals surface area contributed by atoms with Crippen molar-refractivity contribution in [1.29, 1.82) is 0 Å². The Kier molecular flexibility index (Phi) is 4.89. The number of aromatic nitrogens is 3. The van der Waals surface area contributed by atoms with Crippen molar-refractivity contribution in [3.8, 4) is 11.8 Å². The lowest BCUT2D eigenvalue weighted by Crippen LogP contribution is -2.49. The number of hydrogen-bond acceptors (Lipinski definition) is 4. The summed E-state index contributed by atoms with van der Waals surface area (Å²) >= 11 is 0. The minimum Gasteiger partial charge on any atom is -0.472 e. The van der Waals surface area contributed by atoms with E-state index in [4.69, 9.17) is 14.7 Å². The number of hydrogen-bond donors (Lipinski definition) is 0. The Bertz CT molecular complexity index is 960. The van der Waals surface area contributed by atoms with Crippen molar-refractivity contribution in [3.05, 3.63) is 48.8 Å². The fourth-order valence-corrected chi connectivity index (χ4v) is 4.31. The molecule has 0 amide bonds. The number of ether oxygens (including phenoxy) is 1. The van der Waals surface area contributed by atoms with Crippen LogP contribution in [0.4, 0.5) is 0 Å². The first-order valence-electron chi connectivity index (χ1n) is 10.5. The standard InChI is InChI=1S/C24H32N4O/c1-23(2,3)20-15-17(16-28(20)24(4,5)6)29-21-18-11-7-8-12-19(18)25-22(26-21)27-13-9-10-14-27/h7-14,17,20H,15-16H2,1-6H3. The van der Waals surface area contributed by atoms with Crippen LogP contribution >= 0.6 is 0 Å². The Morgan fingerprint density at radius 2 is 1.62 bits per heavy atom. The highest BCUT2D eigenvalue weighted by Crippen LogP contribution is 2.39. The first-order valence-corrected chi connectivity index (χ1v) is 10.5. The zero-order valence-corrected chi connectivity index (χ0v) is 18.4.